The van der Waals surface area contributed by atoms with Crippen LogP contribution in [0.15, 0.2) is 18.2 Å². The molecule has 0 fully saturated rings. The van der Waals surface area contributed by atoms with Gasteiger partial charge in [0.2, 0.25) is 0 Å². The summed E-state index contributed by atoms with van der Waals surface area (Å²) in [5.74, 6) is 1.68. The summed E-state index contributed by atoms with van der Waals surface area (Å²) in [6, 6.07) is 5.47. The summed E-state index contributed by atoms with van der Waals surface area (Å²) in [6.45, 7) is -0.0316. The lowest BCUT2D eigenvalue weighted by molar-refractivity contribution is 0.273. The lowest BCUT2D eigenvalue weighted by atomic mass is 10.2. The maximum Gasteiger partial charge on any atom is 0.161 e. The van der Waals surface area contributed by atoms with Gasteiger partial charge in [-0.3, -0.25) is 4.39 Å². The van der Waals surface area contributed by atoms with Crippen molar-refractivity contribution in [1.82, 2.24) is 0 Å². The Kier molecular flexibility index (Phi) is 5.26. The van der Waals surface area contributed by atoms with Crippen molar-refractivity contribution in [2.24, 2.45) is 0 Å². The molecule has 1 aromatic carbocycles. The monoisotopic (exact) mass is 232 g/mol. The summed E-state index contributed by atoms with van der Waals surface area (Å²) in [5.41, 5.74) is 0.952. The van der Waals surface area contributed by atoms with Crippen LogP contribution < -0.4 is 9.47 Å². The zero-order valence-electron chi connectivity index (χ0n) is 8.63. The van der Waals surface area contributed by atoms with Crippen molar-refractivity contribution in [3.63, 3.8) is 0 Å². The Hall–Kier alpha value is -0.960. The predicted octanol–water partition coefficient (Wildman–Crippen LogP) is 3.17. The number of alkyl halides is 2. The van der Waals surface area contributed by atoms with Gasteiger partial charge in [0, 0.05) is 12.3 Å². The van der Waals surface area contributed by atoms with Crippen LogP contribution in [0.4, 0.5) is 4.39 Å². The van der Waals surface area contributed by atoms with E-state index >= 15 is 0 Å². The van der Waals surface area contributed by atoms with Crippen LogP contribution in [0.25, 0.3) is 0 Å². The third-order valence-electron chi connectivity index (χ3n) is 1.92. The largest absolute Gasteiger partial charge is 0.493 e. The van der Waals surface area contributed by atoms with Crippen LogP contribution in [0.3, 0.4) is 0 Å². The van der Waals surface area contributed by atoms with E-state index < -0.39 is 0 Å². The Balaban J connectivity index is 2.72. The first kappa shape index (κ1) is 12.1. The van der Waals surface area contributed by atoms with E-state index in [1.54, 1.807) is 13.2 Å². The second-order valence-corrected chi connectivity index (χ2v) is 3.28. The first-order valence-corrected chi connectivity index (χ1v) is 5.27. The second-order valence-electron chi connectivity index (χ2n) is 3.01. The van der Waals surface area contributed by atoms with E-state index in [2.05, 4.69) is 0 Å². The van der Waals surface area contributed by atoms with Gasteiger partial charge in [0.1, 0.15) is 0 Å². The van der Waals surface area contributed by atoms with Crippen molar-refractivity contribution in [1.29, 1.82) is 0 Å². The van der Waals surface area contributed by atoms with E-state index in [0.29, 0.717) is 30.4 Å². The summed E-state index contributed by atoms with van der Waals surface area (Å²) in [4.78, 5) is 0. The van der Waals surface area contributed by atoms with Crippen molar-refractivity contribution in [2.45, 2.75) is 12.3 Å². The molecule has 0 N–H and O–H groups in total. The van der Waals surface area contributed by atoms with Gasteiger partial charge in [-0.1, -0.05) is 6.07 Å². The van der Waals surface area contributed by atoms with Crippen LogP contribution in [0.5, 0.6) is 11.5 Å². The Morgan fingerprint density at radius 1 is 1.33 bits per heavy atom. The molecule has 0 radical (unpaired) electrons. The highest BCUT2D eigenvalue weighted by atomic mass is 35.5. The van der Waals surface area contributed by atoms with Crippen LogP contribution in [0, 0.1) is 0 Å². The molecule has 0 saturated heterocycles. The maximum atomic E-state index is 11.9. The standard InChI is InChI=1S/C11H14ClFO2/c1-14-10-4-3-9(8-12)7-11(10)15-6-2-5-13/h3-4,7H,2,5-6,8H2,1H3. The molecular weight excluding hydrogens is 219 g/mol. The molecular formula is C11H14ClFO2. The van der Waals surface area contributed by atoms with Crippen molar-refractivity contribution < 1.29 is 13.9 Å². The van der Waals surface area contributed by atoms with E-state index in [9.17, 15) is 4.39 Å². The van der Waals surface area contributed by atoms with E-state index in [-0.39, 0.29) is 6.67 Å². The van der Waals surface area contributed by atoms with E-state index in [0.717, 1.165) is 5.56 Å². The van der Waals surface area contributed by atoms with Gasteiger partial charge in [-0.15, -0.1) is 11.6 Å². The van der Waals surface area contributed by atoms with E-state index in [1.165, 1.54) is 0 Å². The molecule has 0 atom stereocenters. The molecule has 15 heavy (non-hydrogen) atoms. The lowest BCUT2D eigenvalue weighted by Gasteiger charge is -2.10. The Labute approximate surface area is 94.0 Å². The average molecular weight is 233 g/mol. The van der Waals surface area contributed by atoms with Crippen molar-refractivity contribution in [2.75, 3.05) is 20.4 Å². The topological polar surface area (TPSA) is 18.5 Å². The summed E-state index contributed by atoms with van der Waals surface area (Å²) in [7, 11) is 1.57. The lowest BCUT2D eigenvalue weighted by Crippen LogP contribution is -2.00. The molecule has 0 saturated carbocycles. The van der Waals surface area contributed by atoms with Gasteiger partial charge >= 0.3 is 0 Å². The molecule has 0 aromatic heterocycles. The van der Waals surface area contributed by atoms with Crippen molar-refractivity contribution >= 4 is 11.6 Å². The normalized spacial score (nSPS) is 10.1. The summed E-state index contributed by atoms with van der Waals surface area (Å²) >= 11 is 5.70. The molecule has 4 heteroatoms. The third-order valence-corrected chi connectivity index (χ3v) is 2.23. The number of rotatable bonds is 6. The number of hydrogen-bond acceptors (Lipinski definition) is 2. The Morgan fingerprint density at radius 3 is 2.73 bits per heavy atom. The van der Waals surface area contributed by atoms with Gasteiger partial charge in [-0.05, 0) is 17.7 Å². The molecule has 0 heterocycles. The molecule has 0 unspecified atom stereocenters. The van der Waals surface area contributed by atoms with Gasteiger partial charge in [0.25, 0.3) is 0 Å². The van der Waals surface area contributed by atoms with Crippen LogP contribution in [0.2, 0.25) is 0 Å². The average Bonchev–Trinajstić information content (AvgIpc) is 2.29. The quantitative estimate of drug-likeness (QED) is 0.554. The Bertz CT molecular complexity index is 305. The fraction of sp³-hybridized carbons (Fsp3) is 0.455. The second kappa shape index (κ2) is 6.51. The summed E-state index contributed by atoms with van der Waals surface area (Å²) < 4.78 is 22.4. The number of ether oxygens (including phenoxy) is 2. The fourth-order valence-corrected chi connectivity index (χ4v) is 1.32. The fourth-order valence-electron chi connectivity index (χ4n) is 1.15. The van der Waals surface area contributed by atoms with Crippen LogP contribution in [-0.2, 0) is 5.88 Å². The highest BCUT2D eigenvalue weighted by Crippen LogP contribution is 2.28. The molecule has 0 spiro atoms. The van der Waals surface area contributed by atoms with E-state index in [4.69, 9.17) is 21.1 Å². The number of halogens is 2. The SMILES string of the molecule is COc1ccc(CCl)cc1OCCCF. The molecule has 0 aliphatic rings. The van der Waals surface area contributed by atoms with Crippen LogP contribution in [-0.4, -0.2) is 20.4 Å². The molecule has 1 aromatic rings. The zero-order chi connectivity index (χ0) is 11.1. The predicted molar refractivity (Wildman–Crippen MR) is 58.6 cm³/mol. The minimum Gasteiger partial charge on any atom is -0.493 e. The van der Waals surface area contributed by atoms with Gasteiger partial charge in [0.05, 0.1) is 20.4 Å². The smallest absolute Gasteiger partial charge is 0.161 e. The number of hydrogen-bond donors (Lipinski definition) is 0. The summed E-state index contributed by atoms with van der Waals surface area (Å²) in [6.07, 6.45) is 0.383. The molecule has 0 aliphatic carbocycles. The highest BCUT2D eigenvalue weighted by Gasteiger charge is 2.05. The van der Waals surface area contributed by atoms with E-state index in [1.807, 2.05) is 12.1 Å². The molecule has 0 bridgehead atoms. The van der Waals surface area contributed by atoms with Crippen LogP contribution in [0.1, 0.15) is 12.0 Å². The molecule has 0 amide bonds. The molecule has 1 rings (SSSR count). The van der Waals surface area contributed by atoms with Gasteiger partial charge < -0.3 is 9.47 Å². The maximum absolute atomic E-state index is 11.9. The summed E-state index contributed by atoms with van der Waals surface area (Å²) in [5, 5.41) is 0. The number of benzene rings is 1. The van der Waals surface area contributed by atoms with Gasteiger partial charge in [-0.2, -0.15) is 0 Å². The molecule has 84 valence electrons. The van der Waals surface area contributed by atoms with Crippen LogP contribution >= 0.6 is 11.6 Å². The third kappa shape index (κ3) is 3.59. The molecule has 0 aliphatic heterocycles. The Morgan fingerprint density at radius 2 is 2.13 bits per heavy atom. The van der Waals surface area contributed by atoms with Crippen molar-refractivity contribution in [3.8, 4) is 11.5 Å². The zero-order valence-corrected chi connectivity index (χ0v) is 9.39. The van der Waals surface area contributed by atoms with Gasteiger partial charge in [0.15, 0.2) is 11.5 Å². The van der Waals surface area contributed by atoms with Crippen molar-refractivity contribution in [3.05, 3.63) is 23.8 Å². The van der Waals surface area contributed by atoms with Gasteiger partial charge in [-0.25, -0.2) is 0 Å². The number of methoxy groups -OCH3 is 1. The molecule has 2 nitrogen and oxygen atoms in total. The first-order valence-electron chi connectivity index (χ1n) is 4.73. The highest BCUT2D eigenvalue weighted by molar-refractivity contribution is 6.17. The first-order chi connectivity index (χ1) is 7.31. The minimum absolute atomic E-state index is 0.346. The minimum atomic E-state index is -0.377.